The average molecular weight is 491 g/mol. The number of hydrogen-bond acceptors (Lipinski definition) is 6. The molecule has 0 aliphatic heterocycles. The molecule has 0 atom stereocenters. The van der Waals surface area contributed by atoms with E-state index >= 15 is 0 Å². The lowest BCUT2D eigenvalue weighted by molar-refractivity contribution is 0.101. The van der Waals surface area contributed by atoms with E-state index in [1.54, 1.807) is 48.5 Å². The molecule has 0 saturated carbocycles. The van der Waals surface area contributed by atoms with E-state index in [1.165, 1.54) is 30.7 Å². The zero-order chi connectivity index (χ0) is 25.7. The van der Waals surface area contributed by atoms with Gasteiger partial charge in [-0.05, 0) is 55.0 Å². The van der Waals surface area contributed by atoms with Gasteiger partial charge >= 0.3 is 5.69 Å². The van der Waals surface area contributed by atoms with E-state index in [4.69, 9.17) is 4.74 Å². The third kappa shape index (κ3) is 5.52. The number of carbonyl (C=O) groups is 1. The SMILES string of the molecule is COCCn1c(=O)c2cc(NCNc3cccc(C(C)=O)c3)ccc2n(Cc2ccc(F)cc2)c1=O. The zero-order valence-corrected chi connectivity index (χ0v) is 20.1. The van der Waals surface area contributed by atoms with Crippen molar-refractivity contribution in [3.63, 3.8) is 0 Å². The summed E-state index contributed by atoms with van der Waals surface area (Å²) < 4.78 is 21.1. The first kappa shape index (κ1) is 24.9. The zero-order valence-electron chi connectivity index (χ0n) is 20.1. The number of ether oxygens (including phenoxy) is 1. The number of carbonyl (C=O) groups excluding carboxylic acids is 1. The molecule has 186 valence electrons. The van der Waals surface area contributed by atoms with Crippen LogP contribution in [0.4, 0.5) is 15.8 Å². The minimum atomic E-state index is -0.457. The van der Waals surface area contributed by atoms with Gasteiger partial charge in [-0.1, -0.05) is 24.3 Å². The molecule has 3 aromatic carbocycles. The van der Waals surface area contributed by atoms with Crippen molar-refractivity contribution in [2.24, 2.45) is 0 Å². The number of benzene rings is 3. The van der Waals surface area contributed by atoms with Crippen LogP contribution in [0.2, 0.25) is 0 Å². The number of halogens is 1. The Labute approximate surface area is 207 Å². The molecule has 0 unspecified atom stereocenters. The molecule has 0 aliphatic rings. The van der Waals surface area contributed by atoms with E-state index in [0.717, 1.165) is 15.8 Å². The number of rotatable bonds is 10. The summed E-state index contributed by atoms with van der Waals surface area (Å²) >= 11 is 0. The second-order valence-corrected chi connectivity index (χ2v) is 8.34. The molecule has 1 heterocycles. The highest BCUT2D eigenvalue weighted by atomic mass is 19.1. The highest BCUT2D eigenvalue weighted by molar-refractivity contribution is 5.94. The first-order valence-electron chi connectivity index (χ1n) is 11.5. The molecular weight excluding hydrogens is 463 g/mol. The molecule has 0 aliphatic carbocycles. The standard InChI is InChI=1S/C27H27FN4O4/c1-18(33)20-4-3-5-22(14-20)29-17-30-23-10-11-25-24(15-23)26(34)31(12-13-36-2)27(35)32(25)16-19-6-8-21(28)9-7-19/h3-11,14-15,29-30H,12-13,16-17H2,1-2H3. The summed E-state index contributed by atoms with van der Waals surface area (Å²) in [6, 6.07) is 18.3. The van der Waals surface area contributed by atoms with Crippen LogP contribution in [0.5, 0.6) is 0 Å². The normalized spacial score (nSPS) is 11.0. The van der Waals surface area contributed by atoms with Crippen LogP contribution in [0, 0.1) is 5.82 Å². The van der Waals surface area contributed by atoms with E-state index in [9.17, 15) is 18.8 Å². The molecule has 0 fully saturated rings. The van der Waals surface area contributed by atoms with Crippen molar-refractivity contribution in [3.8, 4) is 0 Å². The first-order valence-corrected chi connectivity index (χ1v) is 11.5. The lowest BCUT2D eigenvalue weighted by Gasteiger charge is -2.16. The lowest BCUT2D eigenvalue weighted by atomic mass is 10.1. The maximum atomic E-state index is 13.4. The third-order valence-corrected chi connectivity index (χ3v) is 5.85. The minimum absolute atomic E-state index is 0.0161. The van der Waals surface area contributed by atoms with Crippen molar-refractivity contribution < 1.29 is 13.9 Å². The van der Waals surface area contributed by atoms with Crippen LogP contribution in [-0.4, -0.2) is 35.3 Å². The van der Waals surface area contributed by atoms with Crippen molar-refractivity contribution in [2.45, 2.75) is 20.0 Å². The molecule has 36 heavy (non-hydrogen) atoms. The second kappa shape index (κ2) is 11.0. The predicted octanol–water partition coefficient (Wildman–Crippen LogP) is 3.68. The highest BCUT2D eigenvalue weighted by Gasteiger charge is 2.14. The summed E-state index contributed by atoms with van der Waals surface area (Å²) in [4.78, 5) is 38.0. The van der Waals surface area contributed by atoms with Crippen LogP contribution >= 0.6 is 0 Å². The fourth-order valence-corrected chi connectivity index (χ4v) is 3.94. The van der Waals surface area contributed by atoms with Gasteiger partial charge in [0, 0.05) is 24.0 Å². The molecular formula is C27H27FN4O4. The van der Waals surface area contributed by atoms with Crippen LogP contribution < -0.4 is 21.9 Å². The summed E-state index contributed by atoms with van der Waals surface area (Å²) in [6.45, 7) is 2.36. The summed E-state index contributed by atoms with van der Waals surface area (Å²) in [5, 5.41) is 6.79. The van der Waals surface area contributed by atoms with Gasteiger partial charge in [-0.15, -0.1) is 0 Å². The second-order valence-electron chi connectivity index (χ2n) is 8.34. The number of fused-ring (bicyclic) bond motifs is 1. The summed E-state index contributed by atoms with van der Waals surface area (Å²) in [5.41, 5.74) is 2.42. The Bertz CT molecular complexity index is 1510. The molecule has 9 heteroatoms. The number of aromatic nitrogens is 2. The molecule has 0 bridgehead atoms. The number of anilines is 2. The summed E-state index contributed by atoms with van der Waals surface area (Å²) in [7, 11) is 1.50. The molecule has 0 spiro atoms. The van der Waals surface area contributed by atoms with Gasteiger partial charge in [0.2, 0.25) is 0 Å². The van der Waals surface area contributed by atoms with Gasteiger partial charge in [0.1, 0.15) is 5.82 Å². The van der Waals surface area contributed by atoms with E-state index in [1.807, 2.05) is 6.07 Å². The molecule has 4 rings (SSSR count). The van der Waals surface area contributed by atoms with Gasteiger partial charge in [-0.3, -0.25) is 18.7 Å². The maximum Gasteiger partial charge on any atom is 0.331 e. The Morgan fingerprint density at radius 1 is 0.944 bits per heavy atom. The van der Waals surface area contributed by atoms with Crippen LogP contribution in [0.3, 0.4) is 0 Å². The molecule has 8 nitrogen and oxygen atoms in total. The monoisotopic (exact) mass is 490 g/mol. The van der Waals surface area contributed by atoms with E-state index in [-0.39, 0.29) is 31.3 Å². The third-order valence-electron chi connectivity index (χ3n) is 5.85. The van der Waals surface area contributed by atoms with Gasteiger partial charge in [0.15, 0.2) is 5.78 Å². The van der Waals surface area contributed by atoms with Crippen LogP contribution in [-0.2, 0) is 17.8 Å². The van der Waals surface area contributed by atoms with Crippen molar-refractivity contribution in [1.82, 2.24) is 9.13 Å². The van der Waals surface area contributed by atoms with E-state index < -0.39 is 11.2 Å². The largest absolute Gasteiger partial charge is 0.383 e. The molecule has 2 N–H and O–H groups in total. The quantitative estimate of drug-likeness (QED) is 0.260. The van der Waals surface area contributed by atoms with Gasteiger partial charge < -0.3 is 15.4 Å². The van der Waals surface area contributed by atoms with Crippen molar-refractivity contribution in [2.75, 3.05) is 31.0 Å². The number of nitrogens with one attached hydrogen (secondary N) is 2. The maximum absolute atomic E-state index is 13.4. The van der Waals surface area contributed by atoms with Crippen molar-refractivity contribution in [3.05, 3.63) is 105 Å². The number of methoxy groups -OCH3 is 1. The summed E-state index contributed by atoms with van der Waals surface area (Å²) in [5.74, 6) is -0.379. The number of Topliss-reactive ketones (excluding diaryl/α,β-unsaturated/α-hetero) is 1. The molecule has 4 aromatic rings. The Morgan fingerprint density at radius 3 is 2.36 bits per heavy atom. The first-order chi connectivity index (χ1) is 17.4. The number of nitrogens with zero attached hydrogens (tertiary/aromatic N) is 2. The van der Waals surface area contributed by atoms with Crippen molar-refractivity contribution >= 4 is 28.1 Å². The topological polar surface area (TPSA) is 94.4 Å². The fourth-order valence-electron chi connectivity index (χ4n) is 3.94. The van der Waals surface area contributed by atoms with Gasteiger partial charge in [-0.2, -0.15) is 0 Å². The summed E-state index contributed by atoms with van der Waals surface area (Å²) in [6.07, 6.45) is 0. The van der Waals surface area contributed by atoms with E-state index in [2.05, 4.69) is 10.6 Å². The minimum Gasteiger partial charge on any atom is -0.383 e. The van der Waals surface area contributed by atoms with Gasteiger partial charge in [0.05, 0.1) is 37.3 Å². The fraction of sp³-hybridized carbons (Fsp3) is 0.222. The van der Waals surface area contributed by atoms with Gasteiger partial charge in [0.25, 0.3) is 5.56 Å². The van der Waals surface area contributed by atoms with Crippen molar-refractivity contribution in [1.29, 1.82) is 0 Å². The van der Waals surface area contributed by atoms with Gasteiger partial charge in [-0.25, -0.2) is 9.18 Å². The van der Waals surface area contributed by atoms with Crippen LogP contribution in [0.15, 0.2) is 76.3 Å². The van der Waals surface area contributed by atoms with Crippen LogP contribution in [0.1, 0.15) is 22.8 Å². The van der Waals surface area contributed by atoms with Crippen LogP contribution in [0.25, 0.3) is 10.9 Å². The molecule has 0 saturated heterocycles. The Hall–Kier alpha value is -4.24. The Morgan fingerprint density at radius 2 is 1.67 bits per heavy atom. The molecule has 0 amide bonds. The number of ketones is 1. The predicted molar refractivity (Wildman–Crippen MR) is 138 cm³/mol. The van der Waals surface area contributed by atoms with E-state index in [0.29, 0.717) is 28.8 Å². The molecule has 0 radical (unpaired) electrons. The number of hydrogen-bond donors (Lipinski definition) is 2. The highest BCUT2D eigenvalue weighted by Crippen LogP contribution is 2.17. The Kier molecular flexibility index (Phi) is 7.60. The Balaban J connectivity index is 1.65. The smallest absolute Gasteiger partial charge is 0.331 e. The lowest BCUT2D eigenvalue weighted by Crippen LogP contribution is -2.41. The average Bonchev–Trinajstić information content (AvgIpc) is 2.88. The molecule has 1 aromatic heterocycles.